The third kappa shape index (κ3) is 1.86. The summed E-state index contributed by atoms with van der Waals surface area (Å²) in [6.07, 6.45) is 1.16. The van der Waals surface area contributed by atoms with Crippen LogP contribution in [0.15, 0.2) is 24.3 Å². The highest BCUT2D eigenvalue weighted by molar-refractivity contribution is 6.30. The molecule has 2 rings (SSSR count). The van der Waals surface area contributed by atoms with Crippen molar-refractivity contribution in [2.24, 2.45) is 0 Å². The topological polar surface area (TPSA) is 49.4 Å². The van der Waals surface area contributed by atoms with E-state index in [1.807, 2.05) is 13.8 Å². The maximum Gasteiger partial charge on any atom is 0.329 e. The molecule has 5 heteroatoms. The number of rotatable bonds is 3. The molecule has 0 spiro atoms. The van der Waals surface area contributed by atoms with Gasteiger partial charge in [-0.1, -0.05) is 25.4 Å². The van der Waals surface area contributed by atoms with E-state index in [1.165, 1.54) is 4.90 Å². The lowest BCUT2D eigenvalue weighted by atomic mass is 9.93. The Morgan fingerprint density at radius 2 is 1.72 bits per heavy atom. The van der Waals surface area contributed by atoms with E-state index in [9.17, 15) is 9.59 Å². The predicted molar refractivity (Wildman–Crippen MR) is 70.8 cm³/mol. The van der Waals surface area contributed by atoms with E-state index in [0.717, 1.165) is 0 Å². The third-order valence-electron chi connectivity index (χ3n) is 3.45. The minimum atomic E-state index is -0.767. The molecule has 1 aliphatic heterocycles. The summed E-state index contributed by atoms with van der Waals surface area (Å²) >= 11 is 5.80. The van der Waals surface area contributed by atoms with Gasteiger partial charge in [-0.3, -0.25) is 4.79 Å². The highest BCUT2D eigenvalue weighted by atomic mass is 35.5. The van der Waals surface area contributed by atoms with Crippen LogP contribution in [0.5, 0.6) is 0 Å². The fourth-order valence-electron chi connectivity index (χ4n) is 2.17. The van der Waals surface area contributed by atoms with Crippen LogP contribution < -0.4 is 10.2 Å². The van der Waals surface area contributed by atoms with Crippen molar-refractivity contribution >= 4 is 29.2 Å². The highest BCUT2D eigenvalue weighted by Crippen LogP contribution is 2.29. The van der Waals surface area contributed by atoms with Crippen molar-refractivity contribution in [3.8, 4) is 0 Å². The molecule has 1 N–H and O–H groups in total. The summed E-state index contributed by atoms with van der Waals surface area (Å²) in [6, 6.07) is 6.29. The van der Waals surface area contributed by atoms with Gasteiger partial charge in [0, 0.05) is 5.02 Å². The first-order chi connectivity index (χ1) is 8.54. The molecule has 18 heavy (non-hydrogen) atoms. The molecular weight excluding hydrogens is 252 g/mol. The zero-order valence-electron chi connectivity index (χ0n) is 10.4. The Kier molecular flexibility index (Phi) is 3.30. The lowest BCUT2D eigenvalue weighted by Crippen LogP contribution is -2.45. The molecule has 0 unspecified atom stereocenters. The molecular formula is C13H15ClN2O2. The van der Waals surface area contributed by atoms with Crippen molar-refractivity contribution in [1.29, 1.82) is 0 Å². The second-order valence-electron chi connectivity index (χ2n) is 4.34. The van der Waals surface area contributed by atoms with Gasteiger partial charge >= 0.3 is 6.03 Å². The van der Waals surface area contributed by atoms with Crippen molar-refractivity contribution in [2.75, 3.05) is 4.90 Å². The summed E-state index contributed by atoms with van der Waals surface area (Å²) in [7, 11) is 0. The van der Waals surface area contributed by atoms with Crippen molar-refractivity contribution in [1.82, 2.24) is 5.32 Å². The van der Waals surface area contributed by atoms with Crippen LogP contribution in [0.4, 0.5) is 10.5 Å². The van der Waals surface area contributed by atoms with Crippen LogP contribution in [0.3, 0.4) is 0 Å². The Morgan fingerprint density at radius 3 is 2.17 bits per heavy atom. The number of nitrogens with one attached hydrogen (secondary N) is 1. The van der Waals surface area contributed by atoms with E-state index in [2.05, 4.69) is 5.32 Å². The Hall–Kier alpha value is -1.55. The third-order valence-corrected chi connectivity index (χ3v) is 3.71. The minimum absolute atomic E-state index is 0.195. The standard InChI is InChI=1S/C13H15ClN2O2/c1-3-13(4-2)11(17)16(12(18)15-13)10-7-5-9(14)6-8-10/h5-8H,3-4H2,1-2H3,(H,15,18). The number of nitrogens with zero attached hydrogens (tertiary/aromatic N) is 1. The first-order valence-corrected chi connectivity index (χ1v) is 6.34. The molecule has 0 aliphatic carbocycles. The Balaban J connectivity index is 2.38. The van der Waals surface area contributed by atoms with E-state index in [4.69, 9.17) is 11.6 Å². The number of hydrogen-bond donors (Lipinski definition) is 1. The van der Waals surface area contributed by atoms with Crippen LogP contribution in [0.2, 0.25) is 5.02 Å². The summed E-state index contributed by atoms with van der Waals surface area (Å²) in [6.45, 7) is 3.79. The van der Waals surface area contributed by atoms with Crippen LogP contribution in [-0.2, 0) is 4.79 Å². The molecule has 4 nitrogen and oxygen atoms in total. The van der Waals surface area contributed by atoms with Crippen LogP contribution in [0, 0.1) is 0 Å². The summed E-state index contributed by atoms with van der Waals surface area (Å²) in [5.74, 6) is -0.195. The Morgan fingerprint density at radius 1 is 1.17 bits per heavy atom. The monoisotopic (exact) mass is 266 g/mol. The van der Waals surface area contributed by atoms with Gasteiger partial charge in [-0.15, -0.1) is 0 Å². The minimum Gasteiger partial charge on any atom is -0.323 e. The molecule has 0 aromatic heterocycles. The number of carbonyl (C=O) groups excluding carboxylic acids is 2. The number of benzene rings is 1. The molecule has 0 atom stereocenters. The lowest BCUT2D eigenvalue weighted by Gasteiger charge is -2.23. The first-order valence-electron chi connectivity index (χ1n) is 5.96. The SMILES string of the molecule is CCC1(CC)NC(=O)N(c2ccc(Cl)cc2)C1=O. The average Bonchev–Trinajstić information content (AvgIpc) is 2.63. The average molecular weight is 267 g/mol. The fourth-order valence-corrected chi connectivity index (χ4v) is 2.30. The Bertz CT molecular complexity index is 480. The first kappa shape index (κ1) is 12.9. The zero-order chi connectivity index (χ0) is 13.3. The number of urea groups is 1. The maximum absolute atomic E-state index is 12.4. The second kappa shape index (κ2) is 4.61. The normalized spacial score (nSPS) is 18.1. The lowest BCUT2D eigenvalue weighted by molar-refractivity contribution is -0.122. The van der Waals surface area contributed by atoms with Gasteiger partial charge in [-0.25, -0.2) is 9.69 Å². The molecule has 0 bridgehead atoms. The number of imide groups is 1. The van der Waals surface area contributed by atoms with Gasteiger partial charge in [-0.2, -0.15) is 0 Å². The van der Waals surface area contributed by atoms with Gasteiger partial charge in [0.25, 0.3) is 5.91 Å². The van der Waals surface area contributed by atoms with Gasteiger partial charge in [0.05, 0.1) is 5.69 Å². The summed E-state index contributed by atoms with van der Waals surface area (Å²) < 4.78 is 0. The number of hydrogen-bond acceptors (Lipinski definition) is 2. The van der Waals surface area contributed by atoms with E-state index in [-0.39, 0.29) is 11.9 Å². The number of anilines is 1. The molecule has 1 saturated heterocycles. The molecule has 96 valence electrons. The molecule has 1 heterocycles. The Labute approximate surface area is 111 Å². The van der Waals surface area contributed by atoms with E-state index < -0.39 is 5.54 Å². The van der Waals surface area contributed by atoms with Gasteiger partial charge in [-0.05, 0) is 37.1 Å². The number of carbonyl (C=O) groups is 2. The van der Waals surface area contributed by atoms with Gasteiger partial charge in [0.15, 0.2) is 0 Å². The second-order valence-corrected chi connectivity index (χ2v) is 4.77. The van der Waals surface area contributed by atoms with Gasteiger partial charge < -0.3 is 5.32 Å². The largest absolute Gasteiger partial charge is 0.329 e. The summed E-state index contributed by atoms with van der Waals surface area (Å²) in [5.41, 5.74) is -0.220. The van der Waals surface area contributed by atoms with Crippen molar-refractivity contribution in [3.05, 3.63) is 29.3 Å². The smallest absolute Gasteiger partial charge is 0.323 e. The van der Waals surface area contributed by atoms with Crippen LogP contribution >= 0.6 is 11.6 Å². The number of halogens is 1. The van der Waals surface area contributed by atoms with Crippen molar-refractivity contribution in [3.63, 3.8) is 0 Å². The molecule has 0 saturated carbocycles. The molecule has 1 fully saturated rings. The maximum atomic E-state index is 12.4. The number of amides is 3. The fraction of sp³-hybridized carbons (Fsp3) is 0.385. The van der Waals surface area contributed by atoms with Crippen LogP contribution in [0.25, 0.3) is 0 Å². The molecule has 1 aliphatic rings. The van der Waals surface area contributed by atoms with Crippen LogP contribution in [-0.4, -0.2) is 17.5 Å². The quantitative estimate of drug-likeness (QED) is 0.855. The predicted octanol–water partition coefficient (Wildman–Crippen LogP) is 2.96. The molecule has 1 aromatic rings. The highest BCUT2D eigenvalue weighted by Gasteiger charge is 2.49. The van der Waals surface area contributed by atoms with Gasteiger partial charge in [0.2, 0.25) is 0 Å². The summed E-state index contributed by atoms with van der Waals surface area (Å²) in [4.78, 5) is 25.5. The molecule has 1 aromatic carbocycles. The van der Waals surface area contributed by atoms with Crippen molar-refractivity contribution < 1.29 is 9.59 Å². The van der Waals surface area contributed by atoms with Gasteiger partial charge in [0.1, 0.15) is 5.54 Å². The van der Waals surface area contributed by atoms with E-state index >= 15 is 0 Å². The van der Waals surface area contributed by atoms with Crippen molar-refractivity contribution in [2.45, 2.75) is 32.2 Å². The van der Waals surface area contributed by atoms with E-state index in [0.29, 0.717) is 23.6 Å². The zero-order valence-corrected chi connectivity index (χ0v) is 11.1. The summed E-state index contributed by atoms with van der Waals surface area (Å²) in [5, 5.41) is 3.36. The van der Waals surface area contributed by atoms with Crippen LogP contribution in [0.1, 0.15) is 26.7 Å². The molecule has 3 amide bonds. The molecule has 0 radical (unpaired) electrons. The van der Waals surface area contributed by atoms with E-state index in [1.54, 1.807) is 24.3 Å².